The van der Waals surface area contributed by atoms with Crippen molar-refractivity contribution in [2.24, 2.45) is 0 Å². The Morgan fingerprint density at radius 2 is 2.12 bits per heavy atom. The number of nitrogens with zero attached hydrogens (tertiary/aromatic N) is 1. The smallest absolute Gasteiger partial charge is 0.0819 e. The lowest BCUT2D eigenvalue weighted by Gasteiger charge is -2.36. The molecule has 17 heavy (non-hydrogen) atoms. The van der Waals surface area contributed by atoms with Gasteiger partial charge in [-0.2, -0.15) is 4.79 Å². The summed E-state index contributed by atoms with van der Waals surface area (Å²) >= 11 is 0. The van der Waals surface area contributed by atoms with Gasteiger partial charge in [-0.3, -0.25) is 0 Å². The predicted molar refractivity (Wildman–Crippen MR) is 65.7 cm³/mol. The third-order valence-electron chi connectivity index (χ3n) is 4.22. The highest BCUT2D eigenvalue weighted by Gasteiger charge is 2.34. The fraction of sp³-hybridized carbons (Fsp3) is 0.429. The van der Waals surface area contributed by atoms with Crippen LogP contribution in [0.2, 0.25) is 0 Å². The molecule has 0 spiro atoms. The molecule has 2 aliphatic rings. The van der Waals surface area contributed by atoms with E-state index in [2.05, 4.69) is 5.32 Å². The van der Waals surface area contributed by atoms with E-state index in [1.54, 1.807) is 0 Å². The van der Waals surface area contributed by atoms with E-state index in [4.69, 9.17) is 0 Å². The SMILES string of the molecule is Fn1c2c(c3ccccc31)C1CCCC(C2)N1. The highest BCUT2D eigenvalue weighted by atomic mass is 19.2. The van der Waals surface area contributed by atoms with Crippen molar-refractivity contribution in [2.45, 2.75) is 37.8 Å². The minimum atomic E-state index is 0.361. The summed E-state index contributed by atoms with van der Waals surface area (Å²) in [5.41, 5.74) is 2.84. The van der Waals surface area contributed by atoms with Crippen molar-refractivity contribution in [3.63, 3.8) is 0 Å². The van der Waals surface area contributed by atoms with Crippen LogP contribution in [0, 0.1) is 0 Å². The summed E-state index contributed by atoms with van der Waals surface area (Å²) in [6.45, 7) is 0. The summed E-state index contributed by atoms with van der Waals surface area (Å²) in [7, 11) is 0. The van der Waals surface area contributed by atoms with Crippen LogP contribution in [0.5, 0.6) is 0 Å². The number of aromatic nitrogens is 1. The molecule has 4 rings (SSSR count). The first kappa shape index (κ1) is 9.66. The standard InChI is InChI=1S/C14H15FN2/c15-17-12-7-2-1-5-10(12)14-11-6-3-4-9(16-11)8-13(14)17/h1-2,5,7,9,11,16H,3-4,6,8H2. The molecule has 1 aromatic heterocycles. The van der Waals surface area contributed by atoms with Crippen LogP contribution in [0.15, 0.2) is 24.3 Å². The molecule has 2 aliphatic heterocycles. The maximum Gasteiger partial charge on any atom is 0.0819 e. The van der Waals surface area contributed by atoms with Crippen molar-refractivity contribution in [3.05, 3.63) is 35.5 Å². The van der Waals surface area contributed by atoms with E-state index in [0.29, 0.717) is 12.1 Å². The zero-order valence-electron chi connectivity index (χ0n) is 9.62. The molecular formula is C14H15FN2. The molecule has 3 heterocycles. The van der Waals surface area contributed by atoms with E-state index in [-0.39, 0.29) is 0 Å². The summed E-state index contributed by atoms with van der Waals surface area (Å²) in [4.78, 5) is 0.914. The molecule has 0 amide bonds. The second kappa shape index (κ2) is 3.33. The number of piperidine rings is 1. The summed E-state index contributed by atoms with van der Waals surface area (Å²) in [5, 5.41) is 4.72. The molecular weight excluding hydrogens is 215 g/mol. The van der Waals surface area contributed by atoms with Crippen molar-refractivity contribution in [1.82, 2.24) is 10.1 Å². The lowest BCUT2D eigenvalue weighted by molar-refractivity contribution is 0.278. The highest BCUT2D eigenvalue weighted by Crippen LogP contribution is 2.40. The number of rotatable bonds is 0. The van der Waals surface area contributed by atoms with Gasteiger partial charge in [-0.25, -0.2) is 0 Å². The van der Waals surface area contributed by atoms with E-state index < -0.39 is 0 Å². The second-order valence-corrected chi connectivity index (χ2v) is 5.21. The first-order valence-electron chi connectivity index (χ1n) is 6.39. The molecule has 2 bridgehead atoms. The monoisotopic (exact) mass is 230 g/mol. The van der Waals surface area contributed by atoms with E-state index in [1.807, 2.05) is 24.3 Å². The minimum absolute atomic E-state index is 0.361. The first-order valence-corrected chi connectivity index (χ1v) is 6.39. The topological polar surface area (TPSA) is 17.0 Å². The number of hydrogen-bond acceptors (Lipinski definition) is 1. The van der Waals surface area contributed by atoms with Gasteiger partial charge in [0.1, 0.15) is 0 Å². The van der Waals surface area contributed by atoms with Gasteiger partial charge in [-0.05, 0) is 25.3 Å². The fourth-order valence-electron chi connectivity index (χ4n) is 3.50. The van der Waals surface area contributed by atoms with Crippen LogP contribution in [0.25, 0.3) is 10.9 Å². The van der Waals surface area contributed by atoms with Crippen LogP contribution < -0.4 is 5.32 Å². The van der Waals surface area contributed by atoms with E-state index >= 15 is 0 Å². The molecule has 1 saturated heterocycles. The van der Waals surface area contributed by atoms with Crippen molar-refractivity contribution in [2.75, 3.05) is 0 Å². The molecule has 2 aromatic rings. The van der Waals surface area contributed by atoms with E-state index in [0.717, 1.165) is 34.2 Å². The molecule has 0 saturated carbocycles. The zero-order valence-corrected chi connectivity index (χ0v) is 9.62. The van der Waals surface area contributed by atoms with Gasteiger partial charge >= 0.3 is 0 Å². The Labute approximate surface area is 99.4 Å². The first-order chi connectivity index (χ1) is 8.34. The predicted octanol–water partition coefficient (Wildman–Crippen LogP) is 3.11. The molecule has 0 aliphatic carbocycles. The largest absolute Gasteiger partial charge is 0.307 e. The molecule has 0 radical (unpaired) electrons. The average molecular weight is 230 g/mol. The van der Waals surface area contributed by atoms with Crippen molar-refractivity contribution in [1.29, 1.82) is 0 Å². The number of benzene rings is 1. The Kier molecular flexibility index (Phi) is 1.89. The van der Waals surface area contributed by atoms with Gasteiger partial charge in [-0.15, -0.1) is 0 Å². The number of fused-ring (bicyclic) bond motifs is 6. The molecule has 1 fully saturated rings. The molecule has 1 aromatic carbocycles. The zero-order chi connectivity index (χ0) is 11.4. The number of halogens is 1. The third kappa shape index (κ3) is 1.23. The van der Waals surface area contributed by atoms with Crippen molar-refractivity contribution < 1.29 is 4.48 Å². The number of para-hydroxylation sites is 1. The molecule has 2 atom stereocenters. The fourth-order valence-corrected chi connectivity index (χ4v) is 3.50. The van der Waals surface area contributed by atoms with Crippen molar-refractivity contribution in [3.8, 4) is 0 Å². The van der Waals surface area contributed by atoms with Crippen LogP contribution in [-0.4, -0.2) is 10.8 Å². The Bertz CT molecular complexity index is 587. The Hall–Kier alpha value is -1.35. The quantitative estimate of drug-likeness (QED) is 0.735. The van der Waals surface area contributed by atoms with Gasteiger partial charge in [-0.1, -0.05) is 22.7 Å². The summed E-state index contributed by atoms with van der Waals surface area (Å²) < 4.78 is 14.3. The van der Waals surface area contributed by atoms with Crippen molar-refractivity contribution >= 4 is 10.9 Å². The normalized spacial score (nSPS) is 27.1. The minimum Gasteiger partial charge on any atom is -0.307 e. The van der Waals surface area contributed by atoms with Gasteiger partial charge < -0.3 is 5.32 Å². The van der Waals surface area contributed by atoms with Gasteiger partial charge in [0, 0.05) is 29.5 Å². The molecule has 2 nitrogen and oxygen atoms in total. The average Bonchev–Trinajstić information content (AvgIpc) is 2.64. The Morgan fingerprint density at radius 1 is 1.24 bits per heavy atom. The maximum atomic E-state index is 14.3. The Balaban J connectivity index is 2.04. The van der Waals surface area contributed by atoms with Crippen LogP contribution in [-0.2, 0) is 6.42 Å². The lowest BCUT2D eigenvalue weighted by atomic mass is 9.84. The van der Waals surface area contributed by atoms with Crippen LogP contribution in [0.1, 0.15) is 36.6 Å². The summed E-state index contributed by atoms with van der Waals surface area (Å²) in [5.74, 6) is 0. The van der Waals surface area contributed by atoms with Gasteiger partial charge in [0.05, 0.1) is 11.2 Å². The number of nitrogens with one attached hydrogen (secondary N) is 1. The third-order valence-corrected chi connectivity index (χ3v) is 4.22. The van der Waals surface area contributed by atoms with E-state index in [9.17, 15) is 4.48 Å². The van der Waals surface area contributed by atoms with Gasteiger partial charge in [0.2, 0.25) is 0 Å². The Morgan fingerprint density at radius 3 is 3.06 bits per heavy atom. The number of hydrogen-bond donors (Lipinski definition) is 1. The molecule has 88 valence electrons. The highest BCUT2D eigenvalue weighted by molar-refractivity contribution is 5.86. The summed E-state index contributed by atoms with van der Waals surface area (Å²) in [6, 6.07) is 8.65. The molecule has 2 unspecified atom stereocenters. The van der Waals surface area contributed by atoms with Gasteiger partial charge in [0.15, 0.2) is 0 Å². The second-order valence-electron chi connectivity index (χ2n) is 5.21. The van der Waals surface area contributed by atoms with E-state index in [1.165, 1.54) is 18.4 Å². The molecule has 1 N–H and O–H groups in total. The van der Waals surface area contributed by atoms with Gasteiger partial charge in [0.25, 0.3) is 0 Å². The maximum absolute atomic E-state index is 14.3. The van der Waals surface area contributed by atoms with Crippen LogP contribution >= 0.6 is 0 Å². The lowest BCUT2D eigenvalue weighted by Crippen LogP contribution is -2.42. The molecule has 3 heteroatoms. The summed E-state index contributed by atoms with van der Waals surface area (Å²) in [6.07, 6.45) is 4.40. The van der Waals surface area contributed by atoms with Crippen LogP contribution in [0.4, 0.5) is 4.48 Å². The van der Waals surface area contributed by atoms with Crippen LogP contribution in [0.3, 0.4) is 0 Å².